The molecule has 0 bridgehead atoms. The van der Waals surface area contributed by atoms with Gasteiger partial charge in [0.1, 0.15) is 11.9 Å². The van der Waals surface area contributed by atoms with Crippen LogP contribution < -0.4 is 10.1 Å². The van der Waals surface area contributed by atoms with Crippen LogP contribution in [0.3, 0.4) is 0 Å². The third-order valence-corrected chi connectivity index (χ3v) is 2.46. The van der Waals surface area contributed by atoms with Crippen molar-refractivity contribution in [3.05, 3.63) is 29.3 Å². The van der Waals surface area contributed by atoms with Crippen LogP contribution in [0.5, 0.6) is 5.75 Å². The maximum atomic E-state index is 5.96. The summed E-state index contributed by atoms with van der Waals surface area (Å²) in [5.41, 5.74) is 0. The molecule has 0 aliphatic carbocycles. The summed E-state index contributed by atoms with van der Waals surface area (Å²) in [7, 11) is 0. The smallest absolute Gasteiger partial charge is 0.138 e. The van der Waals surface area contributed by atoms with E-state index in [9.17, 15) is 0 Å². The summed E-state index contributed by atoms with van der Waals surface area (Å²) in [5, 5.41) is 3.93. The largest absolute Gasteiger partial charge is 0.487 e. The Bertz CT molecular complexity index is 287. The molecule has 1 atom stereocenters. The predicted molar refractivity (Wildman–Crippen MR) is 60.6 cm³/mol. The monoisotopic (exact) mass is 233 g/mol. The topological polar surface area (TPSA) is 21.3 Å². The molecule has 0 saturated carbocycles. The summed E-state index contributed by atoms with van der Waals surface area (Å²) in [6, 6.07) is 7.59. The number of nitrogens with one attached hydrogen (secondary N) is 1. The highest BCUT2D eigenvalue weighted by atomic mass is 35.5. The van der Waals surface area contributed by atoms with Gasteiger partial charge < -0.3 is 10.1 Å². The Balaban J connectivity index is 0.000000980. The predicted octanol–water partition coefficient (Wildman–Crippen LogP) is 2.50. The van der Waals surface area contributed by atoms with E-state index in [2.05, 4.69) is 5.32 Å². The molecular weight excluding hydrogens is 221 g/mol. The molecule has 1 saturated heterocycles. The Morgan fingerprint density at radius 2 is 2.14 bits per heavy atom. The second-order valence-electron chi connectivity index (χ2n) is 3.16. The van der Waals surface area contributed by atoms with Crippen molar-refractivity contribution in [1.82, 2.24) is 5.32 Å². The van der Waals surface area contributed by atoms with E-state index in [1.54, 1.807) is 0 Å². The molecule has 0 amide bonds. The van der Waals surface area contributed by atoms with Crippen LogP contribution in [0.15, 0.2) is 24.3 Å². The first-order valence-corrected chi connectivity index (χ1v) is 4.86. The number of rotatable bonds is 2. The molecule has 14 heavy (non-hydrogen) atoms. The van der Waals surface area contributed by atoms with Crippen LogP contribution in [0.2, 0.25) is 5.02 Å². The van der Waals surface area contributed by atoms with E-state index in [1.807, 2.05) is 24.3 Å². The quantitative estimate of drug-likeness (QED) is 0.848. The van der Waals surface area contributed by atoms with E-state index < -0.39 is 0 Å². The van der Waals surface area contributed by atoms with Gasteiger partial charge in [-0.15, -0.1) is 12.4 Å². The van der Waals surface area contributed by atoms with Gasteiger partial charge in [0, 0.05) is 6.54 Å². The van der Waals surface area contributed by atoms with Gasteiger partial charge in [-0.3, -0.25) is 0 Å². The molecule has 1 aromatic rings. The van der Waals surface area contributed by atoms with E-state index in [0.29, 0.717) is 5.02 Å². The van der Waals surface area contributed by atoms with Gasteiger partial charge in [-0.2, -0.15) is 0 Å². The van der Waals surface area contributed by atoms with Crippen molar-refractivity contribution in [2.24, 2.45) is 0 Å². The van der Waals surface area contributed by atoms with Gasteiger partial charge in [0.2, 0.25) is 0 Å². The lowest BCUT2D eigenvalue weighted by atomic mass is 10.3. The maximum Gasteiger partial charge on any atom is 0.138 e. The molecule has 1 heterocycles. The molecule has 2 nitrogen and oxygen atoms in total. The van der Waals surface area contributed by atoms with Crippen molar-refractivity contribution in [2.45, 2.75) is 12.5 Å². The van der Waals surface area contributed by atoms with E-state index >= 15 is 0 Å². The van der Waals surface area contributed by atoms with Crippen LogP contribution in [0, 0.1) is 0 Å². The first-order chi connectivity index (χ1) is 6.36. The highest BCUT2D eigenvalue weighted by molar-refractivity contribution is 6.32. The molecule has 2 rings (SSSR count). The minimum absolute atomic E-state index is 0. The summed E-state index contributed by atoms with van der Waals surface area (Å²) < 4.78 is 5.71. The zero-order valence-electron chi connectivity index (χ0n) is 7.70. The standard InChI is InChI=1S/C10H12ClNO.ClH/c11-9-3-1-2-4-10(9)13-8-5-6-12-7-8;/h1-4,8,12H,5-7H2;1H. The van der Waals surface area contributed by atoms with Crippen molar-refractivity contribution in [3.8, 4) is 5.75 Å². The summed E-state index contributed by atoms with van der Waals surface area (Å²) in [5.74, 6) is 0.790. The van der Waals surface area contributed by atoms with Crippen LogP contribution in [0.25, 0.3) is 0 Å². The fourth-order valence-corrected chi connectivity index (χ4v) is 1.63. The van der Waals surface area contributed by atoms with Crippen LogP contribution in [-0.4, -0.2) is 19.2 Å². The molecule has 1 N–H and O–H groups in total. The summed E-state index contributed by atoms with van der Waals surface area (Å²) in [4.78, 5) is 0. The lowest BCUT2D eigenvalue weighted by Crippen LogP contribution is -2.19. The lowest BCUT2D eigenvalue weighted by molar-refractivity contribution is 0.223. The molecule has 78 valence electrons. The third-order valence-electron chi connectivity index (χ3n) is 2.15. The molecule has 0 radical (unpaired) electrons. The molecule has 1 aliphatic heterocycles. The fraction of sp³-hybridized carbons (Fsp3) is 0.400. The van der Waals surface area contributed by atoms with Gasteiger partial charge in [-0.05, 0) is 25.1 Å². The van der Waals surface area contributed by atoms with Crippen LogP contribution >= 0.6 is 24.0 Å². The first-order valence-electron chi connectivity index (χ1n) is 4.48. The van der Waals surface area contributed by atoms with Crippen LogP contribution in [0.4, 0.5) is 0 Å². The summed E-state index contributed by atoms with van der Waals surface area (Å²) >= 11 is 5.96. The molecule has 1 aromatic carbocycles. The number of benzene rings is 1. The molecule has 0 aromatic heterocycles. The third kappa shape index (κ3) is 2.77. The summed E-state index contributed by atoms with van der Waals surface area (Å²) in [6.45, 7) is 1.96. The number of hydrogen-bond acceptors (Lipinski definition) is 2. The Labute approximate surface area is 95.0 Å². The molecular formula is C10H13Cl2NO. The normalized spacial score (nSPS) is 20.2. The van der Waals surface area contributed by atoms with Crippen molar-refractivity contribution in [2.75, 3.05) is 13.1 Å². The second-order valence-corrected chi connectivity index (χ2v) is 3.57. The van der Waals surface area contributed by atoms with E-state index in [0.717, 1.165) is 25.3 Å². The SMILES string of the molecule is Cl.Clc1ccccc1OC1CCNC1. The van der Waals surface area contributed by atoms with Gasteiger partial charge in [-0.1, -0.05) is 23.7 Å². The van der Waals surface area contributed by atoms with E-state index in [1.165, 1.54) is 0 Å². The number of para-hydroxylation sites is 1. The lowest BCUT2D eigenvalue weighted by Gasteiger charge is -2.13. The highest BCUT2D eigenvalue weighted by Gasteiger charge is 2.16. The maximum absolute atomic E-state index is 5.96. The highest BCUT2D eigenvalue weighted by Crippen LogP contribution is 2.25. The average molecular weight is 234 g/mol. The van der Waals surface area contributed by atoms with E-state index in [4.69, 9.17) is 16.3 Å². The Morgan fingerprint density at radius 1 is 1.36 bits per heavy atom. The zero-order valence-corrected chi connectivity index (χ0v) is 9.27. The van der Waals surface area contributed by atoms with Crippen molar-refractivity contribution >= 4 is 24.0 Å². The van der Waals surface area contributed by atoms with Gasteiger partial charge in [0.25, 0.3) is 0 Å². The van der Waals surface area contributed by atoms with E-state index in [-0.39, 0.29) is 18.5 Å². The Morgan fingerprint density at radius 3 is 2.79 bits per heavy atom. The molecule has 1 aliphatic rings. The Kier molecular flexibility index (Phi) is 4.52. The van der Waals surface area contributed by atoms with Crippen molar-refractivity contribution in [1.29, 1.82) is 0 Å². The Hall–Kier alpha value is -0.440. The molecule has 4 heteroatoms. The number of ether oxygens (including phenoxy) is 1. The van der Waals surface area contributed by atoms with Gasteiger partial charge in [-0.25, -0.2) is 0 Å². The minimum atomic E-state index is 0. The van der Waals surface area contributed by atoms with Crippen LogP contribution in [0.1, 0.15) is 6.42 Å². The number of hydrogen-bond donors (Lipinski definition) is 1. The van der Waals surface area contributed by atoms with Crippen molar-refractivity contribution in [3.63, 3.8) is 0 Å². The fourth-order valence-electron chi connectivity index (χ4n) is 1.45. The van der Waals surface area contributed by atoms with Gasteiger partial charge in [0.15, 0.2) is 0 Å². The van der Waals surface area contributed by atoms with Gasteiger partial charge in [0.05, 0.1) is 5.02 Å². The van der Waals surface area contributed by atoms with Gasteiger partial charge >= 0.3 is 0 Å². The summed E-state index contributed by atoms with van der Waals surface area (Å²) in [6.07, 6.45) is 1.34. The minimum Gasteiger partial charge on any atom is -0.487 e. The van der Waals surface area contributed by atoms with Crippen LogP contribution in [-0.2, 0) is 0 Å². The first kappa shape index (κ1) is 11.6. The molecule has 1 fully saturated rings. The zero-order chi connectivity index (χ0) is 9.10. The second kappa shape index (κ2) is 5.44. The average Bonchev–Trinajstić information content (AvgIpc) is 2.61. The number of halogens is 2. The molecule has 1 unspecified atom stereocenters. The molecule has 0 spiro atoms. The van der Waals surface area contributed by atoms with Crippen molar-refractivity contribution < 1.29 is 4.74 Å².